The van der Waals surface area contributed by atoms with Crippen LogP contribution in [0.2, 0.25) is 0 Å². The number of methoxy groups -OCH3 is 1. The van der Waals surface area contributed by atoms with Crippen LogP contribution in [0.15, 0.2) is 30.0 Å². The molecule has 1 aromatic carbocycles. The maximum absolute atomic E-state index is 6.12. The molecule has 0 amide bonds. The van der Waals surface area contributed by atoms with Crippen LogP contribution >= 0.6 is 0 Å². The summed E-state index contributed by atoms with van der Waals surface area (Å²) in [6.45, 7) is 0. The summed E-state index contributed by atoms with van der Waals surface area (Å²) in [5.41, 5.74) is 2.41. The highest BCUT2D eigenvalue weighted by Gasteiger charge is 2.18. The van der Waals surface area contributed by atoms with Gasteiger partial charge in [-0.05, 0) is 57.1 Å². The van der Waals surface area contributed by atoms with Gasteiger partial charge in [0.1, 0.15) is 0 Å². The van der Waals surface area contributed by atoms with Crippen LogP contribution in [0.4, 0.5) is 5.69 Å². The number of benzene rings is 1. The fourth-order valence-corrected chi connectivity index (χ4v) is 3.00. The molecule has 108 valence electrons. The number of nitrogens with one attached hydrogen (secondary N) is 1. The highest BCUT2D eigenvalue weighted by Crippen LogP contribution is 2.34. The van der Waals surface area contributed by atoms with Crippen molar-refractivity contribution in [2.45, 2.75) is 51.0 Å². The minimum atomic E-state index is 0.352. The van der Waals surface area contributed by atoms with Crippen LogP contribution in [-0.4, -0.2) is 13.2 Å². The van der Waals surface area contributed by atoms with Crippen molar-refractivity contribution in [3.63, 3.8) is 0 Å². The summed E-state index contributed by atoms with van der Waals surface area (Å²) < 4.78 is 11.5. The third kappa shape index (κ3) is 3.09. The Labute approximate surface area is 121 Å². The zero-order valence-electron chi connectivity index (χ0n) is 12.2. The van der Waals surface area contributed by atoms with E-state index in [4.69, 9.17) is 9.47 Å². The maximum atomic E-state index is 6.12. The van der Waals surface area contributed by atoms with Gasteiger partial charge in [-0.3, -0.25) is 0 Å². The van der Waals surface area contributed by atoms with Crippen LogP contribution in [0.3, 0.4) is 0 Å². The Morgan fingerprint density at radius 3 is 2.65 bits per heavy atom. The van der Waals surface area contributed by atoms with Crippen molar-refractivity contribution in [2.75, 3.05) is 12.4 Å². The highest BCUT2D eigenvalue weighted by atomic mass is 16.5. The number of allylic oxidation sites excluding steroid dienone is 2. The molecule has 2 aliphatic rings. The minimum absolute atomic E-state index is 0.352. The molecule has 3 rings (SSSR count). The molecule has 1 N–H and O–H groups in total. The quantitative estimate of drug-likeness (QED) is 0.857. The average Bonchev–Trinajstić information content (AvgIpc) is 3.13. The van der Waals surface area contributed by atoms with Crippen molar-refractivity contribution in [3.8, 4) is 11.5 Å². The van der Waals surface area contributed by atoms with Crippen molar-refractivity contribution in [2.24, 2.45) is 0 Å². The topological polar surface area (TPSA) is 30.5 Å². The Morgan fingerprint density at radius 2 is 1.95 bits per heavy atom. The first-order valence-electron chi connectivity index (χ1n) is 7.66. The molecule has 1 aromatic rings. The molecule has 0 radical (unpaired) electrons. The summed E-state index contributed by atoms with van der Waals surface area (Å²) in [5, 5.41) is 3.48. The second-order valence-corrected chi connectivity index (χ2v) is 5.64. The third-order valence-electron chi connectivity index (χ3n) is 4.11. The molecule has 0 saturated heterocycles. The van der Waals surface area contributed by atoms with E-state index in [1.807, 2.05) is 6.07 Å². The smallest absolute Gasteiger partial charge is 0.163 e. The third-order valence-corrected chi connectivity index (χ3v) is 4.11. The summed E-state index contributed by atoms with van der Waals surface area (Å²) in [6, 6.07) is 6.11. The number of hydrogen-bond donors (Lipinski definition) is 1. The molecule has 0 unspecified atom stereocenters. The summed E-state index contributed by atoms with van der Waals surface area (Å²) in [4.78, 5) is 0. The lowest BCUT2D eigenvalue weighted by atomic mass is 10.2. The van der Waals surface area contributed by atoms with Gasteiger partial charge in [0.05, 0.1) is 13.2 Å². The SMILES string of the molecule is COc1ccc(NC2=CCCC2)cc1OC1CCCC1. The van der Waals surface area contributed by atoms with Gasteiger partial charge in [-0.15, -0.1) is 0 Å². The van der Waals surface area contributed by atoms with E-state index in [9.17, 15) is 0 Å². The first kappa shape index (κ1) is 13.3. The zero-order chi connectivity index (χ0) is 13.8. The van der Waals surface area contributed by atoms with Crippen LogP contribution in [0.1, 0.15) is 44.9 Å². The van der Waals surface area contributed by atoms with Crippen LogP contribution in [0.25, 0.3) is 0 Å². The Hall–Kier alpha value is -1.64. The van der Waals surface area contributed by atoms with Gasteiger partial charge in [0, 0.05) is 17.5 Å². The highest BCUT2D eigenvalue weighted by molar-refractivity contribution is 5.57. The van der Waals surface area contributed by atoms with Crippen LogP contribution in [-0.2, 0) is 0 Å². The fourth-order valence-electron chi connectivity index (χ4n) is 3.00. The normalized spacial score (nSPS) is 18.9. The van der Waals surface area contributed by atoms with Crippen LogP contribution in [0, 0.1) is 0 Å². The van der Waals surface area contributed by atoms with E-state index < -0.39 is 0 Å². The number of anilines is 1. The molecule has 0 heterocycles. The van der Waals surface area contributed by atoms with E-state index in [2.05, 4.69) is 23.5 Å². The molecule has 2 aliphatic carbocycles. The first-order valence-corrected chi connectivity index (χ1v) is 7.66. The van der Waals surface area contributed by atoms with Gasteiger partial charge in [-0.1, -0.05) is 6.08 Å². The molecule has 0 spiro atoms. The van der Waals surface area contributed by atoms with Gasteiger partial charge in [-0.2, -0.15) is 0 Å². The molecule has 0 bridgehead atoms. The molecular weight excluding hydrogens is 250 g/mol. The first-order chi connectivity index (χ1) is 9.85. The second-order valence-electron chi connectivity index (χ2n) is 5.64. The van der Waals surface area contributed by atoms with E-state index in [-0.39, 0.29) is 0 Å². The molecule has 0 aliphatic heterocycles. The molecule has 0 aromatic heterocycles. The monoisotopic (exact) mass is 273 g/mol. The van der Waals surface area contributed by atoms with E-state index in [1.165, 1.54) is 31.4 Å². The Bertz CT molecular complexity index is 490. The maximum Gasteiger partial charge on any atom is 0.163 e. The molecule has 1 fully saturated rings. The Balaban J connectivity index is 1.74. The Morgan fingerprint density at radius 1 is 1.10 bits per heavy atom. The average molecular weight is 273 g/mol. The van der Waals surface area contributed by atoms with E-state index >= 15 is 0 Å². The van der Waals surface area contributed by atoms with Gasteiger partial charge in [0.2, 0.25) is 0 Å². The summed E-state index contributed by atoms with van der Waals surface area (Å²) in [7, 11) is 1.70. The minimum Gasteiger partial charge on any atom is -0.493 e. The number of hydrogen-bond acceptors (Lipinski definition) is 3. The van der Waals surface area contributed by atoms with E-state index in [0.29, 0.717) is 6.10 Å². The molecular formula is C17H23NO2. The van der Waals surface area contributed by atoms with Crippen molar-refractivity contribution < 1.29 is 9.47 Å². The van der Waals surface area contributed by atoms with E-state index in [1.54, 1.807) is 7.11 Å². The predicted octanol–water partition coefficient (Wildman–Crippen LogP) is 4.50. The molecule has 0 atom stereocenters. The largest absolute Gasteiger partial charge is 0.493 e. The predicted molar refractivity (Wildman–Crippen MR) is 81.4 cm³/mol. The van der Waals surface area contributed by atoms with Crippen molar-refractivity contribution in [1.82, 2.24) is 0 Å². The lowest BCUT2D eigenvalue weighted by molar-refractivity contribution is 0.201. The summed E-state index contributed by atoms with van der Waals surface area (Å²) >= 11 is 0. The standard InChI is InChI=1S/C17H23NO2/c1-19-16-11-10-14(18-13-6-2-3-7-13)12-17(16)20-15-8-4-5-9-15/h6,10-12,15,18H,2-5,7-9H2,1H3. The van der Waals surface area contributed by atoms with Crippen molar-refractivity contribution >= 4 is 5.69 Å². The van der Waals surface area contributed by atoms with Crippen molar-refractivity contribution in [1.29, 1.82) is 0 Å². The lowest BCUT2D eigenvalue weighted by Gasteiger charge is -2.17. The summed E-state index contributed by atoms with van der Waals surface area (Å²) in [6.07, 6.45) is 11.1. The Kier molecular flexibility index (Phi) is 4.14. The molecule has 3 heteroatoms. The molecule has 3 nitrogen and oxygen atoms in total. The van der Waals surface area contributed by atoms with Crippen LogP contribution in [0.5, 0.6) is 11.5 Å². The van der Waals surface area contributed by atoms with Gasteiger partial charge >= 0.3 is 0 Å². The van der Waals surface area contributed by atoms with E-state index in [0.717, 1.165) is 36.4 Å². The van der Waals surface area contributed by atoms with Gasteiger partial charge in [-0.25, -0.2) is 0 Å². The second kappa shape index (κ2) is 6.21. The lowest BCUT2D eigenvalue weighted by Crippen LogP contribution is -2.11. The molecule has 1 saturated carbocycles. The number of rotatable bonds is 5. The van der Waals surface area contributed by atoms with Gasteiger partial charge in [0.25, 0.3) is 0 Å². The van der Waals surface area contributed by atoms with Gasteiger partial charge < -0.3 is 14.8 Å². The number of ether oxygens (including phenoxy) is 2. The van der Waals surface area contributed by atoms with Crippen molar-refractivity contribution in [3.05, 3.63) is 30.0 Å². The summed E-state index contributed by atoms with van der Waals surface area (Å²) in [5.74, 6) is 1.69. The fraction of sp³-hybridized carbons (Fsp3) is 0.529. The molecule has 20 heavy (non-hydrogen) atoms. The van der Waals surface area contributed by atoms with Crippen LogP contribution < -0.4 is 14.8 Å². The van der Waals surface area contributed by atoms with Gasteiger partial charge in [0.15, 0.2) is 11.5 Å². The zero-order valence-corrected chi connectivity index (χ0v) is 12.2.